The minimum absolute atomic E-state index is 0.253. The number of hydrogen-bond acceptors (Lipinski definition) is 3. The second-order valence-corrected chi connectivity index (χ2v) is 6.82. The number of nitriles is 1. The molecule has 0 heterocycles. The van der Waals surface area contributed by atoms with Crippen LogP contribution in [0.5, 0.6) is 0 Å². The normalized spacial score (nSPS) is 16.1. The first-order valence-electron chi connectivity index (χ1n) is 6.11. The molecule has 1 aliphatic rings. The number of halogens is 1. The van der Waals surface area contributed by atoms with Crippen LogP contribution in [0.2, 0.25) is 0 Å². The van der Waals surface area contributed by atoms with Crippen LogP contribution in [0, 0.1) is 23.1 Å². The van der Waals surface area contributed by atoms with Crippen LogP contribution in [0.15, 0.2) is 23.1 Å². The molecule has 4 nitrogen and oxygen atoms in total. The van der Waals surface area contributed by atoms with Crippen LogP contribution in [0.25, 0.3) is 0 Å². The van der Waals surface area contributed by atoms with Gasteiger partial charge in [-0.1, -0.05) is 12.5 Å². The second kappa shape index (κ2) is 5.27. The first-order chi connectivity index (χ1) is 8.96. The summed E-state index contributed by atoms with van der Waals surface area (Å²) in [7, 11) is -2.33. The van der Waals surface area contributed by atoms with Crippen molar-refractivity contribution in [2.24, 2.45) is 5.92 Å². The van der Waals surface area contributed by atoms with E-state index in [1.54, 1.807) is 6.07 Å². The van der Waals surface area contributed by atoms with E-state index in [2.05, 4.69) is 0 Å². The molecule has 0 bridgehead atoms. The van der Waals surface area contributed by atoms with E-state index in [4.69, 9.17) is 5.26 Å². The lowest BCUT2D eigenvalue weighted by molar-refractivity contribution is 0.263. The van der Waals surface area contributed by atoms with E-state index >= 15 is 0 Å². The Bertz CT molecular complexity index is 618. The predicted molar refractivity (Wildman–Crippen MR) is 68.3 cm³/mol. The number of sulfonamides is 1. The second-order valence-electron chi connectivity index (χ2n) is 4.81. The van der Waals surface area contributed by atoms with E-state index in [0.717, 1.165) is 25.3 Å². The third kappa shape index (κ3) is 2.62. The van der Waals surface area contributed by atoms with E-state index in [0.29, 0.717) is 12.5 Å². The van der Waals surface area contributed by atoms with Crippen LogP contribution < -0.4 is 0 Å². The lowest BCUT2D eigenvalue weighted by Crippen LogP contribution is -2.34. The van der Waals surface area contributed by atoms with Crippen molar-refractivity contribution in [3.05, 3.63) is 29.6 Å². The summed E-state index contributed by atoms with van der Waals surface area (Å²) in [5.74, 6) is -0.431. The third-order valence-corrected chi connectivity index (χ3v) is 5.38. The highest BCUT2D eigenvalue weighted by Crippen LogP contribution is 2.29. The fourth-order valence-corrected chi connectivity index (χ4v) is 3.53. The molecule has 0 aliphatic heterocycles. The Kier molecular flexibility index (Phi) is 3.88. The lowest BCUT2D eigenvalue weighted by atomic mass is 9.86. The molecule has 0 aromatic heterocycles. The van der Waals surface area contributed by atoms with E-state index in [-0.39, 0.29) is 4.90 Å². The fraction of sp³-hybridized carbons (Fsp3) is 0.462. The van der Waals surface area contributed by atoms with Gasteiger partial charge in [-0.25, -0.2) is 17.1 Å². The topological polar surface area (TPSA) is 61.2 Å². The minimum Gasteiger partial charge on any atom is -0.207 e. The zero-order valence-electron chi connectivity index (χ0n) is 10.6. The van der Waals surface area contributed by atoms with E-state index < -0.39 is 21.4 Å². The van der Waals surface area contributed by atoms with Crippen molar-refractivity contribution in [1.29, 1.82) is 5.26 Å². The highest BCUT2D eigenvalue weighted by atomic mass is 32.2. The Hall–Kier alpha value is -1.45. The van der Waals surface area contributed by atoms with Crippen LogP contribution in [-0.2, 0) is 10.0 Å². The molecule has 19 heavy (non-hydrogen) atoms. The van der Waals surface area contributed by atoms with Crippen molar-refractivity contribution in [3.63, 3.8) is 0 Å². The van der Waals surface area contributed by atoms with E-state index in [9.17, 15) is 12.8 Å². The van der Waals surface area contributed by atoms with Crippen molar-refractivity contribution < 1.29 is 12.8 Å². The van der Waals surface area contributed by atoms with Gasteiger partial charge < -0.3 is 0 Å². The standard InChI is InChI=1S/C13H15FN2O2S/c1-16(9-10-4-2-5-10)19(17,18)13-7-3-6-12(14)11(13)8-15/h3,6-7,10H,2,4-5,9H2,1H3. The van der Waals surface area contributed by atoms with Crippen molar-refractivity contribution in [2.75, 3.05) is 13.6 Å². The summed E-state index contributed by atoms with van der Waals surface area (Å²) in [6, 6.07) is 5.29. The molecule has 1 saturated carbocycles. The van der Waals surface area contributed by atoms with E-state index in [1.165, 1.54) is 23.5 Å². The maximum Gasteiger partial charge on any atom is 0.244 e. The van der Waals surface area contributed by atoms with Gasteiger partial charge in [0.2, 0.25) is 10.0 Å². The molecule has 1 aromatic carbocycles. The molecule has 1 aromatic rings. The Morgan fingerprint density at radius 2 is 2.16 bits per heavy atom. The van der Waals surface area contributed by atoms with Gasteiger partial charge in [0.25, 0.3) is 0 Å². The Morgan fingerprint density at radius 1 is 1.47 bits per heavy atom. The molecule has 0 amide bonds. The van der Waals surface area contributed by atoms with E-state index in [1.807, 2.05) is 0 Å². The third-order valence-electron chi connectivity index (χ3n) is 3.52. The molecule has 1 aliphatic carbocycles. The highest BCUT2D eigenvalue weighted by molar-refractivity contribution is 7.89. The van der Waals surface area contributed by atoms with Gasteiger partial charge in [0.05, 0.1) is 0 Å². The molecule has 6 heteroatoms. The Balaban J connectivity index is 2.33. The SMILES string of the molecule is CN(CC1CCC1)S(=O)(=O)c1cccc(F)c1C#N. The number of rotatable bonds is 4. The number of nitrogens with zero attached hydrogens (tertiary/aromatic N) is 2. The van der Waals surface area contributed by atoms with Crippen molar-refractivity contribution in [3.8, 4) is 6.07 Å². The summed E-state index contributed by atoms with van der Waals surface area (Å²) in [5, 5.41) is 8.91. The molecular formula is C13H15FN2O2S. The summed E-state index contributed by atoms with van der Waals surface area (Å²) >= 11 is 0. The molecular weight excluding hydrogens is 267 g/mol. The van der Waals surface area contributed by atoms with Crippen LogP contribution >= 0.6 is 0 Å². The number of benzene rings is 1. The average Bonchev–Trinajstić information content (AvgIpc) is 2.33. The smallest absolute Gasteiger partial charge is 0.207 e. The fourth-order valence-electron chi connectivity index (χ4n) is 2.13. The maximum atomic E-state index is 13.5. The average molecular weight is 282 g/mol. The summed E-state index contributed by atoms with van der Waals surface area (Å²) in [5.41, 5.74) is -0.414. The predicted octanol–water partition coefficient (Wildman–Crippen LogP) is 2.12. The van der Waals surface area contributed by atoms with Gasteiger partial charge in [0.1, 0.15) is 22.3 Å². The molecule has 0 saturated heterocycles. The maximum absolute atomic E-state index is 13.5. The minimum atomic E-state index is -3.80. The molecule has 0 unspecified atom stereocenters. The largest absolute Gasteiger partial charge is 0.244 e. The van der Waals surface area contributed by atoms with Crippen LogP contribution in [0.4, 0.5) is 4.39 Å². The van der Waals surface area contributed by atoms with Crippen LogP contribution in [-0.4, -0.2) is 26.3 Å². The van der Waals surface area contributed by atoms with Gasteiger partial charge in [-0.05, 0) is 30.9 Å². The zero-order valence-corrected chi connectivity index (χ0v) is 11.5. The number of hydrogen-bond donors (Lipinski definition) is 0. The monoisotopic (exact) mass is 282 g/mol. The molecule has 0 atom stereocenters. The summed E-state index contributed by atoms with van der Waals surface area (Å²) in [6.45, 7) is 0.420. The molecule has 0 spiro atoms. The lowest BCUT2D eigenvalue weighted by Gasteiger charge is -2.29. The Morgan fingerprint density at radius 3 is 2.68 bits per heavy atom. The first kappa shape index (κ1) is 14.0. The molecule has 0 N–H and O–H groups in total. The zero-order chi connectivity index (χ0) is 14.0. The molecule has 0 radical (unpaired) electrons. The summed E-state index contributed by atoms with van der Waals surface area (Å²) < 4.78 is 39.4. The highest BCUT2D eigenvalue weighted by Gasteiger charge is 2.29. The van der Waals surface area contributed by atoms with Gasteiger partial charge in [-0.2, -0.15) is 5.26 Å². The summed E-state index contributed by atoms with van der Waals surface area (Å²) in [4.78, 5) is -0.253. The van der Waals surface area contributed by atoms with Crippen molar-refractivity contribution in [1.82, 2.24) is 4.31 Å². The van der Waals surface area contributed by atoms with Crippen molar-refractivity contribution in [2.45, 2.75) is 24.2 Å². The van der Waals surface area contributed by atoms with Crippen molar-refractivity contribution >= 4 is 10.0 Å². The molecule has 102 valence electrons. The van der Waals surface area contributed by atoms with Gasteiger partial charge in [0, 0.05) is 13.6 Å². The van der Waals surface area contributed by atoms with Gasteiger partial charge in [-0.3, -0.25) is 0 Å². The quantitative estimate of drug-likeness (QED) is 0.849. The molecule has 1 fully saturated rings. The van der Waals surface area contributed by atoms with Crippen LogP contribution in [0.3, 0.4) is 0 Å². The first-order valence-corrected chi connectivity index (χ1v) is 7.55. The van der Waals surface area contributed by atoms with Gasteiger partial charge in [-0.15, -0.1) is 0 Å². The van der Waals surface area contributed by atoms with Crippen LogP contribution in [0.1, 0.15) is 24.8 Å². The molecule has 2 rings (SSSR count). The van der Waals surface area contributed by atoms with Gasteiger partial charge in [0.15, 0.2) is 0 Å². The van der Waals surface area contributed by atoms with Gasteiger partial charge >= 0.3 is 0 Å². The summed E-state index contributed by atoms with van der Waals surface area (Å²) in [6.07, 6.45) is 3.17. The Labute approximate surface area is 112 Å².